The van der Waals surface area contributed by atoms with E-state index in [1.54, 1.807) is 0 Å². The molecule has 0 radical (unpaired) electrons. The first-order valence-corrected chi connectivity index (χ1v) is 9.40. The van der Waals surface area contributed by atoms with E-state index < -0.39 is 0 Å². The van der Waals surface area contributed by atoms with Gasteiger partial charge in [-0.15, -0.1) is 0 Å². The van der Waals surface area contributed by atoms with E-state index in [1.165, 1.54) is 36.8 Å². The summed E-state index contributed by atoms with van der Waals surface area (Å²) in [7, 11) is 0. The molecule has 1 aromatic carbocycles. The van der Waals surface area contributed by atoms with E-state index in [2.05, 4.69) is 25.4 Å². The Kier molecular flexibility index (Phi) is 4.24. The van der Waals surface area contributed by atoms with Gasteiger partial charge >= 0.3 is 0 Å². The van der Waals surface area contributed by atoms with E-state index >= 15 is 0 Å². The maximum Gasteiger partial charge on any atom is 0.120 e. The minimum Gasteiger partial charge on any atom is -0.508 e. The summed E-state index contributed by atoms with van der Waals surface area (Å²) in [5, 5.41) is 14.1. The second-order valence-corrected chi connectivity index (χ2v) is 8.17. The van der Waals surface area contributed by atoms with Crippen molar-refractivity contribution in [1.82, 2.24) is 5.32 Å². The molecule has 2 aliphatic rings. The average Bonchev–Trinajstić information content (AvgIpc) is 3.07. The molecule has 2 unspecified atom stereocenters. The van der Waals surface area contributed by atoms with Crippen LogP contribution < -0.4 is 5.32 Å². The molecule has 0 saturated heterocycles. The molecule has 2 atom stereocenters. The molecule has 3 heteroatoms. The minimum atomic E-state index is 0.319. The van der Waals surface area contributed by atoms with Crippen LogP contribution in [0.4, 0.5) is 0 Å². The number of thioether (sulfide) groups is 1. The number of hydrogen-bond acceptors (Lipinski definition) is 3. The summed E-state index contributed by atoms with van der Waals surface area (Å²) >= 11 is 2.03. The Morgan fingerprint density at radius 3 is 2.67 bits per heavy atom. The van der Waals surface area contributed by atoms with Crippen LogP contribution in [0.3, 0.4) is 0 Å². The van der Waals surface area contributed by atoms with Crippen LogP contribution in [0.15, 0.2) is 12.1 Å². The van der Waals surface area contributed by atoms with Gasteiger partial charge < -0.3 is 10.4 Å². The molecule has 2 aliphatic carbocycles. The third-order valence-corrected chi connectivity index (χ3v) is 6.95. The zero-order valence-corrected chi connectivity index (χ0v) is 14.2. The van der Waals surface area contributed by atoms with Gasteiger partial charge in [-0.3, -0.25) is 0 Å². The van der Waals surface area contributed by atoms with Crippen molar-refractivity contribution in [2.75, 3.05) is 12.8 Å². The third-order valence-electron chi connectivity index (χ3n) is 5.53. The molecule has 0 bridgehead atoms. The van der Waals surface area contributed by atoms with Crippen LogP contribution in [0, 0.1) is 6.92 Å². The first kappa shape index (κ1) is 15.2. The van der Waals surface area contributed by atoms with Gasteiger partial charge in [0, 0.05) is 22.9 Å². The highest BCUT2D eigenvalue weighted by Crippen LogP contribution is 2.47. The van der Waals surface area contributed by atoms with Crippen molar-refractivity contribution in [2.24, 2.45) is 0 Å². The standard InChI is InChI=1S/C18H27NOS/c1-12-6-7-15(20)17-14(10-13(2)16(12)17)19-11-18(21-3)8-4-5-9-18/h6-7,13-14,19-20H,4-5,8-11H2,1-3H3. The Morgan fingerprint density at radius 2 is 2.00 bits per heavy atom. The van der Waals surface area contributed by atoms with E-state index in [-0.39, 0.29) is 0 Å². The molecule has 1 aromatic rings. The lowest BCUT2D eigenvalue weighted by Crippen LogP contribution is -2.36. The van der Waals surface area contributed by atoms with E-state index in [9.17, 15) is 5.11 Å². The van der Waals surface area contributed by atoms with Gasteiger partial charge in [0.05, 0.1) is 0 Å². The average molecular weight is 305 g/mol. The van der Waals surface area contributed by atoms with Gasteiger partial charge in [-0.2, -0.15) is 11.8 Å². The van der Waals surface area contributed by atoms with Gasteiger partial charge in [-0.25, -0.2) is 0 Å². The highest BCUT2D eigenvalue weighted by atomic mass is 32.2. The van der Waals surface area contributed by atoms with Gasteiger partial charge in [0.1, 0.15) is 5.75 Å². The summed E-state index contributed by atoms with van der Waals surface area (Å²) in [5.74, 6) is 1.01. The summed E-state index contributed by atoms with van der Waals surface area (Å²) < 4.78 is 0.422. The smallest absolute Gasteiger partial charge is 0.120 e. The summed E-state index contributed by atoms with van der Waals surface area (Å²) in [6.45, 7) is 5.52. The monoisotopic (exact) mass is 305 g/mol. The van der Waals surface area contributed by atoms with Gasteiger partial charge in [-0.1, -0.05) is 25.8 Å². The number of fused-ring (bicyclic) bond motifs is 1. The van der Waals surface area contributed by atoms with Crippen LogP contribution in [0.25, 0.3) is 0 Å². The minimum absolute atomic E-state index is 0.319. The summed E-state index contributed by atoms with van der Waals surface area (Å²) in [5.41, 5.74) is 3.86. The SMILES string of the molecule is CSC1(CNC2CC(C)c3c(C)ccc(O)c32)CCCC1. The second-order valence-electron chi connectivity index (χ2n) is 6.89. The Bertz CT molecular complexity index is 522. The van der Waals surface area contributed by atoms with Crippen molar-refractivity contribution in [3.8, 4) is 5.75 Å². The first-order chi connectivity index (χ1) is 10.1. The van der Waals surface area contributed by atoms with Crippen molar-refractivity contribution < 1.29 is 5.11 Å². The summed E-state index contributed by atoms with van der Waals surface area (Å²) in [6.07, 6.45) is 8.75. The number of aryl methyl sites for hydroxylation is 1. The molecule has 2 N–H and O–H groups in total. The number of rotatable bonds is 4. The lowest BCUT2D eigenvalue weighted by atomic mass is 9.97. The zero-order chi connectivity index (χ0) is 15.0. The van der Waals surface area contributed by atoms with Crippen LogP contribution in [0.5, 0.6) is 5.75 Å². The fourth-order valence-corrected chi connectivity index (χ4v) is 5.24. The Morgan fingerprint density at radius 1 is 1.29 bits per heavy atom. The lowest BCUT2D eigenvalue weighted by Gasteiger charge is -2.29. The molecule has 0 spiro atoms. The highest BCUT2D eigenvalue weighted by Gasteiger charge is 2.36. The van der Waals surface area contributed by atoms with E-state index in [4.69, 9.17) is 0 Å². The molecule has 0 aliphatic heterocycles. The molecule has 21 heavy (non-hydrogen) atoms. The fraction of sp³-hybridized carbons (Fsp3) is 0.667. The predicted octanol–water partition coefficient (Wildman–Crippen LogP) is 4.51. The predicted molar refractivity (Wildman–Crippen MR) is 91.3 cm³/mol. The number of nitrogens with one attached hydrogen (secondary N) is 1. The Labute approximate surface area is 132 Å². The lowest BCUT2D eigenvalue weighted by molar-refractivity contribution is 0.427. The fourth-order valence-electron chi connectivity index (χ4n) is 4.31. The molecule has 1 fully saturated rings. The largest absolute Gasteiger partial charge is 0.508 e. The van der Waals surface area contributed by atoms with Crippen molar-refractivity contribution in [1.29, 1.82) is 0 Å². The van der Waals surface area contributed by atoms with Crippen molar-refractivity contribution in [3.05, 3.63) is 28.8 Å². The quantitative estimate of drug-likeness (QED) is 0.858. The normalized spacial score (nSPS) is 27.0. The molecule has 0 heterocycles. The Balaban J connectivity index is 1.79. The van der Waals surface area contributed by atoms with Gasteiger partial charge in [0.25, 0.3) is 0 Å². The van der Waals surface area contributed by atoms with E-state index in [1.807, 2.05) is 23.9 Å². The number of benzene rings is 1. The topological polar surface area (TPSA) is 32.3 Å². The number of phenols is 1. The van der Waals surface area contributed by atoms with Crippen LogP contribution in [0.1, 0.15) is 67.7 Å². The molecular formula is C18H27NOS. The highest BCUT2D eigenvalue weighted by molar-refractivity contribution is 8.00. The number of phenolic OH excluding ortho intramolecular Hbond substituents is 1. The third kappa shape index (κ3) is 2.70. The summed E-state index contributed by atoms with van der Waals surface area (Å²) in [4.78, 5) is 0. The number of aromatic hydroxyl groups is 1. The van der Waals surface area contributed by atoms with Crippen molar-refractivity contribution >= 4 is 11.8 Å². The van der Waals surface area contributed by atoms with Crippen LogP contribution >= 0.6 is 11.8 Å². The molecule has 0 aromatic heterocycles. The zero-order valence-electron chi connectivity index (χ0n) is 13.4. The van der Waals surface area contributed by atoms with Crippen LogP contribution in [0.2, 0.25) is 0 Å². The molecule has 1 saturated carbocycles. The molecular weight excluding hydrogens is 278 g/mol. The molecule has 0 amide bonds. The molecule has 116 valence electrons. The van der Waals surface area contributed by atoms with E-state index in [0.717, 1.165) is 18.5 Å². The Hall–Kier alpha value is -0.670. The maximum atomic E-state index is 10.3. The maximum absolute atomic E-state index is 10.3. The number of hydrogen-bond donors (Lipinski definition) is 2. The second kappa shape index (κ2) is 5.85. The van der Waals surface area contributed by atoms with Gasteiger partial charge in [0.2, 0.25) is 0 Å². The first-order valence-electron chi connectivity index (χ1n) is 8.17. The van der Waals surface area contributed by atoms with Crippen molar-refractivity contribution in [2.45, 2.75) is 62.7 Å². The molecule has 2 nitrogen and oxygen atoms in total. The van der Waals surface area contributed by atoms with Crippen LogP contribution in [-0.2, 0) is 0 Å². The molecule has 3 rings (SSSR count). The van der Waals surface area contributed by atoms with E-state index in [0.29, 0.717) is 22.5 Å². The van der Waals surface area contributed by atoms with Gasteiger partial charge in [0.15, 0.2) is 0 Å². The van der Waals surface area contributed by atoms with Crippen molar-refractivity contribution in [3.63, 3.8) is 0 Å². The van der Waals surface area contributed by atoms with Gasteiger partial charge in [-0.05, 0) is 55.6 Å². The van der Waals surface area contributed by atoms with Crippen LogP contribution in [-0.4, -0.2) is 22.7 Å². The summed E-state index contributed by atoms with van der Waals surface area (Å²) in [6, 6.07) is 4.23.